The Kier molecular flexibility index (Phi) is 7.11. The van der Waals surface area contributed by atoms with Crippen LogP contribution in [0, 0.1) is 0 Å². The molecule has 0 atom stereocenters. The molecule has 9 aromatic carbocycles. The molecule has 0 radical (unpaired) electrons. The minimum Gasteiger partial charge on any atom is -0.455 e. The van der Waals surface area contributed by atoms with Crippen molar-refractivity contribution in [2.45, 2.75) is 5.41 Å². The van der Waals surface area contributed by atoms with Crippen molar-refractivity contribution in [3.63, 3.8) is 0 Å². The molecule has 55 heavy (non-hydrogen) atoms. The van der Waals surface area contributed by atoms with Gasteiger partial charge in [0.1, 0.15) is 11.2 Å². The lowest BCUT2D eigenvalue weighted by molar-refractivity contribution is 0.673. The van der Waals surface area contributed by atoms with Crippen molar-refractivity contribution in [1.29, 1.82) is 0 Å². The van der Waals surface area contributed by atoms with Crippen molar-refractivity contribution in [2.24, 2.45) is 0 Å². The Labute approximate surface area is 320 Å². The number of rotatable bonds is 6. The zero-order valence-electron chi connectivity index (χ0n) is 30.1. The van der Waals surface area contributed by atoms with Crippen molar-refractivity contribution in [3.05, 3.63) is 235 Å². The normalized spacial score (nSPS) is 12.9. The van der Waals surface area contributed by atoms with E-state index >= 15 is 0 Å². The van der Waals surface area contributed by atoms with Crippen LogP contribution in [0.25, 0.3) is 55.0 Å². The van der Waals surface area contributed by atoms with E-state index in [1.54, 1.807) is 0 Å². The van der Waals surface area contributed by atoms with Gasteiger partial charge >= 0.3 is 0 Å². The van der Waals surface area contributed by atoms with Gasteiger partial charge in [-0.1, -0.05) is 170 Å². The van der Waals surface area contributed by atoms with Crippen molar-refractivity contribution >= 4 is 49.8 Å². The summed E-state index contributed by atoms with van der Waals surface area (Å²) >= 11 is 0. The van der Waals surface area contributed by atoms with Crippen LogP contribution in [0.15, 0.2) is 217 Å². The maximum atomic E-state index is 6.85. The quantitative estimate of drug-likeness (QED) is 0.172. The van der Waals surface area contributed by atoms with E-state index in [-0.39, 0.29) is 0 Å². The molecule has 0 saturated carbocycles. The molecule has 1 aliphatic rings. The summed E-state index contributed by atoms with van der Waals surface area (Å²) in [6, 6.07) is 76.8. The number of hydrogen-bond donors (Lipinski definition) is 0. The van der Waals surface area contributed by atoms with Gasteiger partial charge in [-0.3, -0.25) is 0 Å². The highest BCUT2D eigenvalue weighted by Gasteiger charge is 2.46. The maximum absolute atomic E-state index is 6.85. The fourth-order valence-electron chi connectivity index (χ4n) is 9.25. The molecular weight excluding hydrogens is 667 g/mol. The van der Waals surface area contributed by atoms with Gasteiger partial charge in [0.05, 0.1) is 11.1 Å². The number of hydrogen-bond acceptors (Lipinski definition) is 2. The maximum Gasteiger partial charge on any atom is 0.143 e. The number of fused-ring (bicyclic) bond motifs is 8. The van der Waals surface area contributed by atoms with Crippen LogP contribution in [0.3, 0.4) is 0 Å². The van der Waals surface area contributed by atoms with E-state index in [4.69, 9.17) is 4.42 Å². The van der Waals surface area contributed by atoms with E-state index in [1.165, 1.54) is 33.4 Å². The molecule has 0 bridgehead atoms. The molecule has 258 valence electrons. The van der Waals surface area contributed by atoms with Gasteiger partial charge in [0.25, 0.3) is 0 Å². The number of nitrogens with zero attached hydrogens (tertiary/aromatic N) is 1. The molecule has 11 rings (SSSR count). The van der Waals surface area contributed by atoms with Gasteiger partial charge in [-0.05, 0) is 87.0 Å². The molecule has 0 saturated heterocycles. The molecule has 0 fully saturated rings. The smallest absolute Gasteiger partial charge is 0.143 e. The number of anilines is 3. The molecule has 2 nitrogen and oxygen atoms in total. The average molecular weight is 702 g/mol. The fourth-order valence-corrected chi connectivity index (χ4v) is 9.25. The standard InChI is InChI=1S/C53H35NO/c1-5-18-37(19-6-1)53(38-20-7-2-8-21-38)47-30-16-15-26-42(47)45-34-36(32-33-48(45)53)41-29-17-31-50-51(41)46-35-49(43-27-13-14-28-44(43)52(46)55-50)54(39-22-9-3-10-23-39)40-24-11-4-12-25-40/h1-35H. The van der Waals surface area contributed by atoms with Crippen LogP contribution >= 0.6 is 0 Å². The third kappa shape index (κ3) is 4.68. The van der Waals surface area contributed by atoms with Gasteiger partial charge < -0.3 is 9.32 Å². The third-order valence-corrected chi connectivity index (χ3v) is 11.5. The third-order valence-electron chi connectivity index (χ3n) is 11.5. The van der Waals surface area contributed by atoms with Crippen LogP contribution in [0.2, 0.25) is 0 Å². The molecule has 1 aliphatic carbocycles. The Hall–Kier alpha value is -7.16. The molecule has 0 amide bonds. The average Bonchev–Trinajstić information content (AvgIpc) is 3.79. The predicted molar refractivity (Wildman–Crippen MR) is 229 cm³/mol. The molecule has 0 spiro atoms. The Balaban J connectivity index is 1.18. The highest BCUT2D eigenvalue weighted by molar-refractivity contribution is 6.22. The summed E-state index contributed by atoms with van der Waals surface area (Å²) in [4.78, 5) is 2.36. The minimum atomic E-state index is -0.437. The van der Waals surface area contributed by atoms with Crippen LogP contribution in [-0.4, -0.2) is 0 Å². The van der Waals surface area contributed by atoms with Gasteiger partial charge in [-0.15, -0.1) is 0 Å². The SMILES string of the molecule is c1ccc(N(c2ccccc2)c2cc3c(oc4cccc(-c5ccc6c(c5)-c5ccccc5C6(c5ccccc5)c5ccccc5)c43)c3ccccc23)cc1. The zero-order valence-corrected chi connectivity index (χ0v) is 30.1. The molecule has 1 heterocycles. The summed E-state index contributed by atoms with van der Waals surface area (Å²) in [6.07, 6.45) is 0. The number of benzene rings is 9. The molecule has 1 aromatic heterocycles. The molecule has 0 N–H and O–H groups in total. The van der Waals surface area contributed by atoms with Crippen LogP contribution in [0.1, 0.15) is 22.3 Å². The van der Waals surface area contributed by atoms with Crippen molar-refractivity contribution in [1.82, 2.24) is 0 Å². The van der Waals surface area contributed by atoms with Crippen LogP contribution < -0.4 is 4.90 Å². The van der Waals surface area contributed by atoms with Gasteiger partial charge in [0.15, 0.2) is 0 Å². The summed E-state index contributed by atoms with van der Waals surface area (Å²) in [5.74, 6) is 0. The van der Waals surface area contributed by atoms with E-state index in [0.717, 1.165) is 60.9 Å². The Morgan fingerprint density at radius 2 is 0.927 bits per heavy atom. The first-order valence-corrected chi connectivity index (χ1v) is 18.9. The van der Waals surface area contributed by atoms with E-state index in [1.807, 2.05) is 0 Å². The lowest BCUT2D eigenvalue weighted by atomic mass is 9.67. The topological polar surface area (TPSA) is 16.4 Å². The van der Waals surface area contributed by atoms with E-state index < -0.39 is 5.41 Å². The lowest BCUT2D eigenvalue weighted by Crippen LogP contribution is -2.28. The predicted octanol–water partition coefficient (Wildman–Crippen LogP) is 14.2. The first-order chi connectivity index (χ1) is 27.3. The second-order valence-corrected chi connectivity index (χ2v) is 14.4. The summed E-state index contributed by atoms with van der Waals surface area (Å²) in [5, 5.41) is 4.44. The van der Waals surface area contributed by atoms with Crippen LogP contribution in [-0.2, 0) is 5.41 Å². The first kappa shape index (κ1) is 31.4. The van der Waals surface area contributed by atoms with Crippen LogP contribution in [0.4, 0.5) is 17.1 Å². The molecule has 2 heteroatoms. The van der Waals surface area contributed by atoms with Crippen molar-refractivity contribution < 1.29 is 4.42 Å². The number of furan rings is 1. The highest BCUT2D eigenvalue weighted by Crippen LogP contribution is 2.57. The molecule has 0 aliphatic heterocycles. The Bertz CT molecular complexity index is 2940. The lowest BCUT2D eigenvalue weighted by Gasteiger charge is -2.33. The Morgan fingerprint density at radius 3 is 1.60 bits per heavy atom. The monoisotopic (exact) mass is 701 g/mol. The Morgan fingerprint density at radius 1 is 0.382 bits per heavy atom. The van der Waals surface area contributed by atoms with Gasteiger partial charge in [0, 0.05) is 32.9 Å². The number of para-hydroxylation sites is 2. The van der Waals surface area contributed by atoms with Crippen molar-refractivity contribution in [3.8, 4) is 22.3 Å². The highest BCUT2D eigenvalue weighted by atomic mass is 16.3. The summed E-state index contributed by atoms with van der Waals surface area (Å²) in [7, 11) is 0. The largest absolute Gasteiger partial charge is 0.455 e. The molecule has 10 aromatic rings. The first-order valence-electron chi connectivity index (χ1n) is 18.9. The van der Waals surface area contributed by atoms with E-state index in [9.17, 15) is 0 Å². The molecule has 0 unspecified atom stereocenters. The summed E-state index contributed by atoms with van der Waals surface area (Å²) in [6.45, 7) is 0. The second-order valence-electron chi connectivity index (χ2n) is 14.4. The van der Waals surface area contributed by atoms with Gasteiger partial charge in [0.2, 0.25) is 0 Å². The summed E-state index contributed by atoms with van der Waals surface area (Å²) in [5.41, 5.74) is 14.6. The van der Waals surface area contributed by atoms with Crippen LogP contribution in [0.5, 0.6) is 0 Å². The fraction of sp³-hybridized carbons (Fsp3) is 0.0189. The summed E-state index contributed by atoms with van der Waals surface area (Å²) < 4.78 is 6.85. The van der Waals surface area contributed by atoms with Gasteiger partial charge in [-0.25, -0.2) is 0 Å². The molecular formula is C53H35NO. The second kappa shape index (κ2) is 12.5. The van der Waals surface area contributed by atoms with E-state index in [2.05, 4.69) is 217 Å². The van der Waals surface area contributed by atoms with Gasteiger partial charge in [-0.2, -0.15) is 0 Å². The van der Waals surface area contributed by atoms with Crippen molar-refractivity contribution in [2.75, 3.05) is 4.90 Å². The zero-order chi connectivity index (χ0) is 36.3. The minimum absolute atomic E-state index is 0.437. The van der Waals surface area contributed by atoms with E-state index in [0.29, 0.717) is 0 Å².